The highest BCUT2D eigenvalue weighted by Gasteiger charge is 2.27. The molecule has 2 amide bonds. The SMILES string of the molecule is CCNC(=O)C1CCN(C(=O)CNC(C)(C)C)CC1. The molecule has 0 unspecified atom stereocenters. The molecular formula is C14H27N3O2. The van der Waals surface area contributed by atoms with Crippen LogP contribution in [-0.4, -0.2) is 48.4 Å². The van der Waals surface area contributed by atoms with Gasteiger partial charge in [0.25, 0.3) is 0 Å². The van der Waals surface area contributed by atoms with Crippen LogP contribution in [0.25, 0.3) is 0 Å². The Labute approximate surface area is 116 Å². The quantitative estimate of drug-likeness (QED) is 0.791. The maximum Gasteiger partial charge on any atom is 0.236 e. The van der Waals surface area contributed by atoms with Gasteiger partial charge in [0.05, 0.1) is 6.54 Å². The Morgan fingerprint density at radius 3 is 2.26 bits per heavy atom. The van der Waals surface area contributed by atoms with Crippen molar-refractivity contribution in [2.45, 2.75) is 46.1 Å². The molecule has 5 nitrogen and oxygen atoms in total. The van der Waals surface area contributed by atoms with Crippen LogP contribution in [0.4, 0.5) is 0 Å². The van der Waals surface area contributed by atoms with E-state index in [9.17, 15) is 9.59 Å². The first-order valence-electron chi connectivity index (χ1n) is 7.14. The summed E-state index contributed by atoms with van der Waals surface area (Å²) in [5.74, 6) is 0.325. The van der Waals surface area contributed by atoms with Crippen molar-refractivity contribution in [2.75, 3.05) is 26.2 Å². The van der Waals surface area contributed by atoms with Gasteiger partial charge in [0.1, 0.15) is 0 Å². The third-order valence-electron chi connectivity index (χ3n) is 3.34. The second kappa shape index (κ2) is 6.89. The van der Waals surface area contributed by atoms with Crippen molar-refractivity contribution in [3.05, 3.63) is 0 Å². The van der Waals surface area contributed by atoms with Gasteiger partial charge in [0.2, 0.25) is 11.8 Å². The summed E-state index contributed by atoms with van der Waals surface area (Å²) < 4.78 is 0. The highest BCUT2D eigenvalue weighted by Crippen LogP contribution is 2.17. The summed E-state index contributed by atoms with van der Waals surface area (Å²) >= 11 is 0. The Morgan fingerprint density at radius 2 is 1.79 bits per heavy atom. The van der Waals surface area contributed by atoms with Gasteiger partial charge in [-0.25, -0.2) is 0 Å². The largest absolute Gasteiger partial charge is 0.356 e. The Kier molecular flexibility index (Phi) is 5.79. The van der Waals surface area contributed by atoms with Gasteiger partial charge in [-0.3, -0.25) is 9.59 Å². The molecule has 1 aliphatic heterocycles. The number of amides is 2. The maximum absolute atomic E-state index is 12.0. The minimum atomic E-state index is -0.0466. The third kappa shape index (κ3) is 5.59. The van der Waals surface area contributed by atoms with Gasteiger partial charge in [-0.15, -0.1) is 0 Å². The first-order valence-corrected chi connectivity index (χ1v) is 7.14. The molecular weight excluding hydrogens is 242 g/mol. The number of carbonyl (C=O) groups is 2. The Bertz CT molecular complexity index is 315. The van der Waals surface area contributed by atoms with Gasteiger partial charge in [0.15, 0.2) is 0 Å². The highest BCUT2D eigenvalue weighted by atomic mass is 16.2. The number of carbonyl (C=O) groups excluding carboxylic acids is 2. The summed E-state index contributed by atoms with van der Waals surface area (Å²) in [6, 6.07) is 0. The molecule has 1 rings (SSSR count). The van der Waals surface area contributed by atoms with Crippen LogP contribution in [0, 0.1) is 5.92 Å². The average Bonchev–Trinajstić information content (AvgIpc) is 2.35. The van der Waals surface area contributed by atoms with Gasteiger partial charge in [0, 0.05) is 31.1 Å². The van der Waals surface area contributed by atoms with Crippen molar-refractivity contribution in [3.63, 3.8) is 0 Å². The smallest absolute Gasteiger partial charge is 0.236 e. The molecule has 1 saturated heterocycles. The molecule has 0 aromatic rings. The fourth-order valence-electron chi connectivity index (χ4n) is 2.16. The number of likely N-dealkylation sites (tertiary alicyclic amines) is 1. The zero-order valence-corrected chi connectivity index (χ0v) is 12.6. The lowest BCUT2D eigenvalue weighted by atomic mass is 9.96. The van der Waals surface area contributed by atoms with Crippen molar-refractivity contribution in [2.24, 2.45) is 5.92 Å². The van der Waals surface area contributed by atoms with Crippen LogP contribution in [0.3, 0.4) is 0 Å². The van der Waals surface area contributed by atoms with Gasteiger partial charge >= 0.3 is 0 Å². The molecule has 0 aromatic heterocycles. The molecule has 0 saturated carbocycles. The van der Waals surface area contributed by atoms with Crippen molar-refractivity contribution in [1.29, 1.82) is 0 Å². The Balaban J connectivity index is 2.33. The number of nitrogens with one attached hydrogen (secondary N) is 2. The monoisotopic (exact) mass is 269 g/mol. The van der Waals surface area contributed by atoms with E-state index in [1.165, 1.54) is 0 Å². The fourth-order valence-corrected chi connectivity index (χ4v) is 2.16. The van der Waals surface area contributed by atoms with E-state index in [2.05, 4.69) is 10.6 Å². The molecule has 0 bridgehead atoms. The molecule has 19 heavy (non-hydrogen) atoms. The van der Waals surface area contributed by atoms with Gasteiger partial charge < -0.3 is 15.5 Å². The lowest BCUT2D eigenvalue weighted by molar-refractivity contribution is -0.135. The normalized spacial score (nSPS) is 17.4. The molecule has 110 valence electrons. The first-order chi connectivity index (χ1) is 8.83. The lowest BCUT2D eigenvalue weighted by Gasteiger charge is -2.32. The third-order valence-corrected chi connectivity index (χ3v) is 3.34. The van der Waals surface area contributed by atoms with E-state index in [0.29, 0.717) is 26.2 Å². The second-order valence-electron chi connectivity index (χ2n) is 6.15. The summed E-state index contributed by atoms with van der Waals surface area (Å²) in [7, 11) is 0. The van der Waals surface area contributed by atoms with E-state index in [4.69, 9.17) is 0 Å². The van der Waals surface area contributed by atoms with Crippen LogP contribution in [0.15, 0.2) is 0 Å². The minimum Gasteiger partial charge on any atom is -0.356 e. The lowest BCUT2D eigenvalue weighted by Crippen LogP contribution is -2.48. The van der Waals surface area contributed by atoms with Crippen LogP contribution in [0.2, 0.25) is 0 Å². The summed E-state index contributed by atoms with van der Waals surface area (Å²) in [5.41, 5.74) is -0.0466. The Hall–Kier alpha value is -1.10. The topological polar surface area (TPSA) is 61.4 Å². The molecule has 0 aliphatic carbocycles. The standard InChI is InChI=1S/C14H27N3O2/c1-5-15-13(19)11-6-8-17(9-7-11)12(18)10-16-14(2,3)4/h11,16H,5-10H2,1-4H3,(H,15,19). The van der Waals surface area contributed by atoms with Crippen LogP contribution in [0.5, 0.6) is 0 Å². The fraction of sp³-hybridized carbons (Fsp3) is 0.857. The summed E-state index contributed by atoms with van der Waals surface area (Å²) in [6.07, 6.45) is 1.54. The zero-order valence-electron chi connectivity index (χ0n) is 12.6. The first kappa shape index (κ1) is 16.0. The maximum atomic E-state index is 12.0. The second-order valence-corrected chi connectivity index (χ2v) is 6.15. The van der Waals surface area contributed by atoms with Crippen LogP contribution < -0.4 is 10.6 Å². The van der Waals surface area contributed by atoms with Crippen LogP contribution in [-0.2, 0) is 9.59 Å². The number of nitrogens with zero attached hydrogens (tertiary/aromatic N) is 1. The van der Waals surface area contributed by atoms with E-state index in [1.54, 1.807) is 0 Å². The molecule has 0 atom stereocenters. The van der Waals surface area contributed by atoms with Crippen molar-refractivity contribution in [1.82, 2.24) is 15.5 Å². The zero-order chi connectivity index (χ0) is 14.5. The number of hydrogen-bond acceptors (Lipinski definition) is 3. The number of rotatable bonds is 4. The van der Waals surface area contributed by atoms with Crippen molar-refractivity contribution in [3.8, 4) is 0 Å². The van der Waals surface area contributed by atoms with Gasteiger partial charge in [-0.1, -0.05) is 0 Å². The molecule has 0 radical (unpaired) electrons. The van der Waals surface area contributed by atoms with E-state index in [-0.39, 0.29) is 23.3 Å². The Morgan fingerprint density at radius 1 is 1.21 bits per heavy atom. The molecule has 1 aliphatic rings. The van der Waals surface area contributed by atoms with Crippen molar-refractivity contribution < 1.29 is 9.59 Å². The van der Waals surface area contributed by atoms with Crippen LogP contribution >= 0.6 is 0 Å². The summed E-state index contributed by atoms with van der Waals surface area (Å²) in [5, 5.41) is 6.05. The number of piperidine rings is 1. The van der Waals surface area contributed by atoms with Gasteiger partial charge in [-0.05, 0) is 40.5 Å². The van der Waals surface area contributed by atoms with E-state index < -0.39 is 0 Å². The van der Waals surface area contributed by atoms with Gasteiger partial charge in [-0.2, -0.15) is 0 Å². The van der Waals surface area contributed by atoms with Crippen molar-refractivity contribution >= 4 is 11.8 Å². The minimum absolute atomic E-state index is 0.0466. The summed E-state index contributed by atoms with van der Waals surface area (Å²) in [4.78, 5) is 25.6. The molecule has 5 heteroatoms. The van der Waals surface area contributed by atoms with E-state index in [0.717, 1.165) is 12.8 Å². The predicted molar refractivity (Wildman–Crippen MR) is 75.7 cm³/mol. The number of hydrogen-bond donors (Lipinski definition) is 2. The molecule has 0 aromatic carbocycles. The van der Waals surface area contributed by atoms with Crippen LogP contribution in [0.1, 0.15) is 40.5 Å². The molecule has 2 N–H and O–H groups in total. The highest BCUT2D eigenvalue weighted by molar-refractivity contribution is 5.80. The summed E-state index contributed by atoms with van der Waals surface area (Å²) in [6.45, 7) is 10.5. The predicted octanol–water partition coefficient (Wildman–Crippen LogP) is 0.749. The molecule has 1 fully saturated rings. The average molecular weight is 269 g/mol. The van der Waals surface area contributed by atoms with E-state index >= 15 is 0 Å². The molecule has 1 heterocycles. The molecule has 0 spiro atoms. The van der Waals surface area contributed by atoms with E-state index in [1.807, 2.05) is 32.6 Å².